The summed E-state index contributed by atoms with van der Waals surface area (Å²) >= 11 is 6.26. The minimum atomic E-state index is -4.95. The number of alkyl halides is 3. The van der Waals surface area contributed by atoms with E-state index in [1.165, 1.54) is 0 Å². The van der Waals surface area contributed by atoms with Crippen LogP contribution in [0.25, 0.3) is 10.9 Å². The van der Waals surface area contributed by atoms with Gasteiger partial charge in [0, 0.05) is 47.1 Å². The number of ether oxygens (including phenoxy) is 2. The van der Waals surface area contributed by atoms with Crippen LogP contribution in [0.2, 0.25) is 5.02 Å². The maximum atomic E-state index is 14.3. The monoisotopic (exact) mass is 559 g/mol. The fourth-order valence-corrected chi connectivity index (χ4v) is 5.23. The van der Waals surface area contributed by atoms with Crippen LogP contribution in [-0.4, -0.2) is 33.6 Å². The number of aromatic amines is 1. The van der Waals surface area contributed by atoms with Crippen molar-refractivity contribution in [2.45, 2.75) is 57.2 Å². The molecule has 0 saturated carbocycles. The Balaban J connectivity index is 1.32. The van der Waals surface area contributed by atoms with Gasteiger partial charge < -0.3 is 19.6 Å². The second-order valence-electron chi connectivity index (χ2n) is 10.5. The lowest BCUT2D eigenvalue weighted by Gasteiger charge is -2.38. The summed E-state index contributed by atoms with van der Waals surface area (Å²) in [7, 11) is 0. The zero-order valence-corrected chi connectivity index (χ0v) is 22.3. The molecule has 206 valence electrons. The molecule has 0 radical (unpaired) electrons. The first-order valence-electron chi connectivity index (χ1n) is 12.6. The van der Waals surface area contributed by atoms with Crippen LogP contribution >= 0.6 is 11.6 Å². The average molecular weight is 560 g/mol. The van der Waals surface area contributed by atoms with E-state index in [-0.39, 0.29) is 6.54 Å². The van der Waals surface area contributed by atoms with Gasteiger partial charge in [-0.1, -0.05) is 55.8 Å². The number of H-pyrrole nitrogens is 1. The maximum Gasteiger partial charge on any atom is 0.431 e. The second kappa shape index (κ2) is 10.4. The summed E-state index contributed by atoms with van der Waals surface area (Å²) in [6, 6.07) is 16.4. The Morgan fingerprint density at radius 2 is 1.90 bits per heavy atom. The molecule has 1 atom stereocenters. The number of pyridine rings is 1. The third kappa shape index (κ3) is 5.85. The zero-order valence-electron chi connectivity index (χ0n) is 21.5. The molecule has 1 aliphatic rings. The highest BCUT2D eigenvalue weighted by molar-refractivity contribution is 6.30. The lowest BCUT2D eigenvalue weighted by atomic mass is 9.76. The summed E-state index contributed by atoms with van der Waals surface area (Å²) in [5.74, 6) is 0.942. The molecule has 0 bridgehead atoms. The zero-order chi connectivity index (χ0) is 27.8. The van der Waals surface area contributed by atoms with Crippen LogP contribution in [0.5, 0.6) is 11.6 Å². The number of hydrogen-bond acceptors (Lipinski definition) is 5. The van der Waals surface area contributed by atoms with Crippen LogP contribution in [0.3, 0.4) is 0 Å². The lowest BCUT2D eigenvalue weighted by molar-refractivity contribution is -0.280. The van der Waals surface area contributed by atoms with Gasteiger partial charge in [-0.05, 0) is 34.7 Å². The van der Waals surface area contributed by atoms with Crippen LogP contribution in [-0.2, 0) is 25.0 Å². The van der Waals surface area contributed by atoms with Crippen molar-refractivity contribution in [1.82, 2.24) is 15.3 Å². The third-order valence-corrected chi connectivity index (χ3v) is 7.20. The normalized spacial score (nSPS) is 15.2. The Bertz CT molecular complexity index is 1470. The first-order chi connectivity index (χ1) is 18.4. The first-order valence-corrected chi connectivity index (χ1v) is 13.0. The van der Waals surface area contributed by atoms with E-state index in [2.05, 4.69) is 15.3 Å². The molecule has 10 heteroatoms. The molecule has 0 saturated heterocycles. The summed E-state index contributed by atoms with van der Waals surface area (Å²) in [6.07, 6.45) is -3.40. The van der Waals surface area contributed by atoms with E-state index >= 15 is 0 Å². The maximum absolute atomic E-state index is 14.3. The van der Waals surface area contributed by atoms with Crippen molar-refractivity contribution in [3.05, 3.63) is 88.2 Å². The van der Waals surface area contributed by atoms with Crippen molar-refractivity contribution in [3.8, 4) is 11.6 Å². The molecule has 3 heterocycles. The highest BCUT2D eigenvalue weighted by Gasteiger charge is 2.56. The van der Waals surface area contributed by atoms with Gasteiger partial charge in [0.2, 0.25) is 11.6 Å². The number of halogens is 4. The predicted octanol–water partition coefficient (Wildman–Crippen LogP) is 6.44. The van der Waals surface area contributed by atoms with E-state index < -0.39 is 23.7 Å². The van der Waals surface area contributed by atoms with Gasteiger partial charge in [0.1, 0.15) is 12.4 Å². The summed E-state index contributed by atoms with van der Waals surface area (Å²) in [6.45, 7) is 3.81. The predicted molar refractivity (Wildman–Crippen MR) is 143 cm³/mol. The highest BCUT2D eigenvalue weighted by atomic mass is 35.5. The number of rotatable bonds is 9. The smallest absolute Gasteiger partial charge is 0.431 e. The molecule has 2 aromatic heterocycles. The molecular weight excluding hydrogens is 531 g/mol. The standard InChI is InChI=1S/C29H29ClF3N3O3/c1-27(2,23-13-21(30)10-19-8-9-38-26(19)23)17-28(37,29(31,32)33)35-14-22-11-20-12-25(34-15-24(20)36-22)39-16-18-6-4-3-5-7-18/h3-7,10-13,15,35-37H,8-9,14,16-17H2,1-2H3. The van der Waals surface area contributed by atoms with Gasteiger partial charge in [0.15, 0.2) is 0 Å². The number of fused-ring (bicyclic) bond motifs is 2. The van der Waals surface area contributed by atoms with Crippen LogP contribution in [0.4, 0.5) is 13.2 Å². The highest BCUT2D eigenvalue weighted by Crippen LogP contribution is 2.45. The second-order valence-corrected chi connectivity index (χ2v) is 10.9. The van der Waals surface area contributed by atoms with E-state index in [9.17, 15) is 18.3 Å². The quantitative estimate of drug-likeness (QED) is 0.206. The Morgan fingerprint density at radius 1 is 1.13 bits per heavy atom. The largest absolute Gasteiger partial charge is 0.493 e. The van der Waals surface area contributed by atoms with Crippen molar-refractivity contribution in [2.75, 3.05) is 6.61 Å². The number of hydrogen-bond donors (Lipinski definition) is 3. The van der Waals surface area contributed by atoms with Crippen LogP contribution < -0.4 is 14.8 Å². The molecule has 0 amide bonds. The van der Waals surface area contributed by atoms with E-state index in [0.717, 1.165) is 16.5 Å². The lowest BCUT2D eigenvalue weighted by Crippen LogP contribution is -2.59. The summed E-state index contributed by atoms with van der Waals surface area (Å²) < 4.78 is 54.3. The molecule has 1 unspecified atom stereocenters. The summed E-state index contributed by atoms with van der Waals surface area (Å²) in [4.78, 5) is 7.34. The SMILES string of the molecule is CC(C)(CC(O)(NCc1cc2cc(OCc3ccccc3)ncc2[nH]1)C(F)(F)F)c1cc(Cl)cc2c1OCC2. The summed E-state index contributed by atoms with van der Waals surface area (Å²) in [5, 5.41) is 14.5. The van der Waals surface area contributed by atoms with Gasteiger partial charge in [0.05, 0.1) is 18.3 Å². The molecule has 0 fully saturated rings. The topological polar surface area (TPSA) is 79.4 Å². The molecule has 5 rings (SSSR count). The molecule has 0 spiro atoms. The molecule has 1 aliphatic heterocycles. The Morgan fingerprint density at radius 3 is 2.64 bits per heavy atom. The van der Waals surface area contributed by atoms with Gasteiger partial charge in [-0.15, -0.1) is 0 Å². The van der Waals surface area contributed by atoms with Crippen LogP contribution in [0.15, 0.2) is 60.8 Å². The third-order valence-electron chi connectivity index (χ3n) is 6.98. The van der Waals surface area contributed by atoms with Gasteiger partial charge >= 0.3 is 6.18 Å². The van der Waals surface area contributed by atoms with Crippen molar-refractivity contribution in [2.24, 2.45) is 0 Å². The Hall–Kier alpha value is -3.27. The number of benzene rings is 2. The van der Waals surface area contributed by atoms with E-state index in [0.29, 0.717) is 53.1 Å². The van der Waals surface area contributed by atoms with Crippen molar-refractivity contribution in [3.63, 3.8) is 0 Å². The fourth-order valence-electron chi connectivity index (χ4n) is 4.99. The molecule has 6 nitrogen and oxygen atoms in total. The summed E-state index contributed by atoms with van der Waals surface area (Å²) in [5.41, 5.74) is -0.821. The molecular formula is C29H29ClF3N3O3. The van der Waals surface area contributed by atoms with Gasteiger partial charge in [-0.2, -0.15) is 13.2 Å². The van der Waals surface area contributed by atoms with E-state index in [1.54, 1.807) is 44.3 Å². The number of aliphatic hydroxyl groups is 1. The van der Waals surface area contributed by atoms with Gasteiger partial charge in [-0.3, -0.25) is 5.32 Å². The minimum Gasteiger partial charge on any atom is -0.493 e. The Labute approximate surface area is 229 Å². The van der Waals surface area contributed by atoms with E-state index in [1.807, 2.05) is 30.3 Å². The molecule has 3 N–H and O–H groups in total. The van der Waals surface area contributed by atoms with Crippen molar-refractivity contribution >= 4 is 22.5 Å². The molecule has 39 heavy (non-hydrogen) atoms. The number of nitrogens with zero attached hydrogens (tertiary/aromatic N) is 1. The van der Waals surface area contributed by atoms with Gasteiger partial charge in [0.25, 0.3) is 0 Å². The molecule has 0 aliphatic carbocycles. The Kier molecular flexibility index (Phi) is 7.26. The minimum absolute atomic E-state index is 0.259. The average Bonchev–Trinajstić information content (AvgIpc) is 3.51. The van der Waals surface area contributed by atoms with Crippen molar-refractivity contribution < 1.29 is 27.8 Å². The van der Waals surface area contributed by atoms with Crippen LogP contribution in [0.1, 0.15) is 42.7 Å². The number of nitrogens with one attached hydrogen (secondary N) is 2. The molecule has 2 aromatic carbocycles. The fraction of sp³-hybridized carbons (Fsp3) is 0.345. The number of aromatic nitrogens is 2. The van der Waals surface area contributed by atoms with E-state index in [4.69, 9.17) is 21.1 Å². The first kappa shape index (κ1) is 27.3. The molecule has 4 aromatic rings. The van der Waals surface area contributed by atoms with Gasteiger partial charge in [-0.25, -0.2) is 4.98 Å². The van der Waals surface area contributed by atoms with Crippen molar-refractivity contribution in [1.29, 1.82) is 0 Å². The van der Waals surface area contributed by atoms with Crippen LogP contribution in [0, 0.1) is 0 Å².